The quantitative estimate of drug-likeness (QED) is 0.655. The summed E-state index contributed by atoms with van der Waals surface area (Å²) in [5, 5.41) is 26.9. The number of likely N-dealkylation sites (N-methyl/N-ethyl adjacent to an activating group) is 1. The van der Waals surface area contributed by atoms with Gasteiger partial charge in [-0.25, -0.2) is 0 Å². The Kier molecular flexibility index (Phi) is 6.16. The van der Waals surface area contributed by atoms with E-state index in [0.29, 0.717) is 28.6 Å². The third-order valence-corrected chi connectivity index (χ3v) is 6.75. The van der Waals surface area contributed by atoms with Crippen LogP contribution in [0.25, 0.3) is 17.3 Å². The summed E-state index contributed by atoms with van der Waals surface area (Å²) in [5.41, 5.74) is 2.00. The molecule has 2 aliphatic heterocycles. The van der Waals surface area contributed by atoms with Gasteiger partial charge in [0.25, 0.3) is 0 Å². The number of fused-ring (bicyclic) bond motifs is 2. The number of carbonyl (C=O) groups is 1. The number of phenols is 1. The van der Waals surface area contributed by atoms with Crippen molar-refractivity contribution in [1.29, 1.82) is 0 Å². The number of benzene rings is 1. The van der Waals surface area contributed by atoms with E-state index in [1.54, 1.807) is 25.3 Å². The molecule has 6 nitrogen and oxygen atoms in total. The number of piperidine rings is 2. The number of thioether (sulfide) groups is 1. The summed E-state index contributed by atoms with van der Waals surface area (Å²) < 4.78 is 0. The van der Waals surface area contributed by atoms with E-state index < -0.39 is 0 Å². The molecule has 1 amide bonds. The Morgan fingerprint density at radius 3 is 2.66 bits per heavy atom. The van der Waals surface area contributed by atoms with E-state index in [-0.39, 0.29) is 11.7 Å². The average molecular weight is 411 g/mol. The number of amides is 1. The van der Waals surface area contributed by atoms with Crippen LogP contribution in [0.1, 0.15) is 37.7 Å². The molecule has 1 aromatic carbocycles. The molecular formula is C22H26N4O2S. The molecule has 0 spiro atoms. The third kappa shape index (κ3) is 4.97. The number of phenolic OH excluding ortho intramolecular Hbond substituents is 1. The molecular weight excluding hydrogens is 384 g/mol. The van der Waals surface area contributed by atoms with E-state index >= 15 is 0 Å². The minimum Gasteiger partial charge on any atom is -0.507 e. The van der Waals surface area contributed by atoms with Crippen LogP contribution in [0.4, 0.5) is 0 Å². The highest BCUT2D eigenvalue weighted by atomic mass is 32.2. The molecule has 0 saturated carbocycles. The number of nitrogens with zero attached hydrogens (tertiary/aromatic N) is 2. The van der Waals surface area contributed by atoms with Crippen LogP contribution in [0.3, 0.4) is 0 Å². The molecule has 0 radical (unpaired) electrons. The summed E-state index contributed by atoms with van der Waals surface area (Å²) in [6.07, 6.45) is 9.37. The van der Waals surface area contributed by atoms with Crippen LogP contribution in [0.15, 0.2) is 41.4 Å². The Bertz CT molecular complexity index is 888. The van der Waals surface area contributed by atoms with E-state index in [1.807, 2.05) is 30.0 Å². The van der Waals surface area contributed by atoms with Gasteiger partial charge in [0.15, 0.2) is 0 Å². The molecule has 7 heteroatoms. The van der Waals surface area contributed by atoms with Crippen LogP contribution in [0, 0.1) is 0 Å². The van der Waals surface area contributed by atoms with E-state index in [9.17, 15) is 9.90 Å². The highest BCUT2D eigenvalue weighted by molar-refractivity contribution is 7.99. The zero-order chi connectivity index (χ0) is 20.2. The summed E-state index contributed by atoms with van der Waals surface area (Å²) in [4.78, 5) is 11.3. The number of aromatic nitrogens is 2. The van der Waals surface area contributed by atoms with Gasteiger partial charge in [-0.1, -0.05) is 12.5 Å². The van der Waals surface area contributed by atoms with Gasteiger partial charge in [-0.15, -0.1) is 22.0 Å². The van der Waals surface area contributed by atoms with Crippen molar-refractivity contribution < 1.29 is 9.90 Å². The maximum Gasteiger partial charge on any atom is 0.243 e. The molecule has 3 atom stereocenters. The lowest BCUT2D eigenvalue weighted by molar-refractivity contribution is -0.115. The molecule has 2 saturated heterocycles. The second kappa shape index (κ2) is 8.97. The first kappa shape index (κ1) is 19.9. The van der Waals surface area contributed by atoms with Crippen molar-refractivity contribution in [3.05, 3.63) is 42.0 Å². The number of carbonyl (C=O) groups excluding carboxylic acids is 1. The fourth-order valence-corrected chi connectivity index (χ4v) is 5.36. The van der Waals surface area contributed by atoms with Crippen LogP contribution in [-0.4, -0.2) is 45.6 Å². The number of hydrogen-bond acceptors (Lipinski definition) is 6. The van der Waals surface area contributed by atoms with Gasteiger partial charge in [-0.2, -0.15) is 0 Å². The zero-order valence-corrected chi connectivity index (χ0v) is 17.3. The lowest BCUT2D eigenvalue weighted by Crippen LogP contribution is -2.49. The van der Waals surface area contributed by atoms with Gasteiger partial charge in [0, 0.05) is 36.0 Å². The van der Waals surface area contributed by atoms with E-state index in [0.717, 1.165) is 10.6 Å². The highest BCUT2D eigenvalue weighted by Crippen LogP contribution is 2.36. The Hall–Kier alpha value is -2.38. The van der Waals surface area contributed by atoms with Gasteiger partial charge in [0.05, 0.1) is 5.69 Å². The average Bonchev–Trinajstić information content (AvgIpc) is 2.72. The smallest absolute Gasteiger partial charge is 0.243 e. The van der Waals surface area contributed by atoms with Gasteiger partial charge in [0.2, 0.25) is 5.91 Å². The van der Waals surface area contributed by atoms with Crippen LogP contribution in [0.2, 0.25) is 0 Å². The van der Waals surface area contributed by atoms with Crippen molar-refractivity contribution in [2.24, 2.45) is 0 Å². The summed E-state index contributed by atoms with van der Waals surface area (Å²) in [7, 11) is 1.57. The molecule has 3 N–H and O–H groups in total. The van der Waals surface area contributed by atoms with Gasteiger partial charge in [0.1, 0.15) is 10.8 Å². The summed E-state index contributed by atoms with van der Waals surface area (Å²) in [6.45, 7) is 0. The van der Waals surface area contributed by atoms with Crippen molar-refractivity contribution in [2.75, 3.05) is 7.05 Å². The van der Waals surface area contributed by atoms with Crippen LogP contribution < -0.4 is 10.6 Å². The number of aromatic hydroxyl groups is 1. The van der Waals surface area contributed by atoms with Crippen LogP contribution >= 0.6 is 11.8 Å². The van der Waals surface area contributed by atoms with Crippen molar-refractivity contribution in [3.63, 3.8) is 0 Å². The van der Waals surface area contributed by atoms with Crippen molar-refractivity contribution >= 4 is 23.7 Å². The van der Waals surface area contributed by atoms with Gasteiger partial charge >= 0.3 is 0 Å². The molecule has 2 bridgehead atoms. The monoisotopic (exact) mass is 410 g/mol. The minimum absolute atomic E-state index is 0.116. The van der Waals surface area contributed by atoms with Gasteiger partial charge < -0.3 is 15.7 Å². The standard InChI is InChI=1S/C22H26N4O2S/c1-23-21(28)9-6-14-5-7-18(20(27)11-14)19-8-10-22(26-25-19)29-17-12-15-3-2-4-16(13-17)24-15/h5-11,15-17,24,27H,2-4,12-13H2,1H3,(H,23,28)/b9-6+/t15-,16+,17?. The zero-order valence-electron chi connectivity index (χ0n) is 16.5. The van der Waals surface area contributed by atoms with Crippen LogP contribution in [-0.2, 0) is 4.79 Å². The summed E-state index contributed by atoms with van der Waals surface area (Å²) in [5.74, 6) is -0.0742. The molecule has 0 aliphatic carbocycles. The Morgan fingerprint density at radius 1 is 1.21 bits per heavy atom. The van der Waals surface area contributed by atoms with E-state index in [2.05, 4.69) is 20.8 Å². The molecule has 2 aromatic rings. The second-order valence-corrected chi connectivity index (χ2v) is 9.00. The maximum atomic E-state index is 11.3. The van der Waals surface area contributed by atoms with E-state index in [1.165, 1.54) is 38.2 Å². The maximum absolute atomic E-state index is 11.3. The number of rotatable bonds is 5. The van der Waals surface area contributed by atoms with Crippen molar-refractivity contribution in [1.82, 2.24) is 20.8 Å². The summed E-state index contributed by atoms with van der Waals surface area (Å²) in [6, 6.07) is 10.5. The molecule has 29 heavy (non-hydrogen) atoms. The molecule has 3 heterocycles. The molecule has 152 valence electrons. The minimum atomic E-state index is -0.190. The predicted octanol–water partition coefficient (Wildman–Crippen LogP) is 3.37. The van der Waals surface area contributed by atoms with Crippen molar-refractivity contribution in [3.8, 4) is 17.0 Å². The fraction of sp³-hybridized carbons (Fsp3) is 0.409. The third-order valence-electron chi connectivity index (χ3n) is 5.57. The topological polar surface area (TPSA) is 87.1 Å². The molecule has 1 aromatic heterocycles. The van der Waals surface area contributed by atoms with Gasteiger partial charge in [-0.3, -0.25) is 4.79 Å². The van der Waals surface area contributed by atoms with E-state index in [4.69, 9.17) is 0 Å². The predicted molar refractivity (Wildman–Crippen MR) is 116 cm³/mol. The normalized spacial score (nSPS) is 23.8. The fourth-order valence-electron chi connectivity index (χ4n) is 4.13. The molecule has 1 unspecified atom stereocenters. The lowest BCUT2D eigenvalue weighted by Gasteiger charge is -2.39. The Labute approximate surface area is 175 Å². The summed E-state index contributed by atoms with van der Waals surface area (Å²) >= 11 is 1.82. The van der Waals surface area contributed by atoms with Gasteiger partial charge in [-0.05, 0) is 61.6 Å². The first-order chi connectivity index (χ1) is 14.1. The van der Waals surface area contributed by atoms with Crippen LogP contribution in [0.5, 0.6) is 5.75 Å². The number of nitrogens with one attached hydrogen (secondary N) is 2. The molecule has 2 aliphatic rings. The first-order valence-electron chi connectivity index (χ1n) is 10.1. The number of hydrogen-bond donors (Lipinski definition) is 3. The van der Waals surface area contributed by atoms with Crippen molar-refractivity contribution in [2.45, 2.75) is 54.5 Å². The largest absolute Gasteiger partial charge is 0.507 e. The first-order valence-corrected chi connectivity index (χ1v) is 11.0. The Balaban J connectivity index is 1.42. The lowest BCUT2D eigenvalue weighted by atomic mass is 9.87. The molecule has 4 rings (SSSR count). The molecule has 2 fully saturated rings. The second-order valence-electron chi connectivity index (χ2n) is 7.68. The SMILES string of the molecule is CNC(=O)/C=C/c1ccc(-c2ccc(SC3C[C@H]4CCC[C@@H](C3)N4)nn2)c(O)c1. The Morgan fingerprint density at radius 2 is 2.00 bits per heavy atom. The highest BCUT2D eigenvalue weighted by Gasteiger charge is 2.31.